The maximum absolute atomic E-state index is 13.4. The molecule has 3 aromatic carbocycles. The minimum Gasteiger partial charge on any atom is -0.493 e. The summed E-state index contributed by atoms with van der Waals surface area (Å²) in [4.78, 5) is 30.6. The molecule has 0 fully saturated rings. The van der Waals surface area contributed by atoms with Gasteiger partial charge in [0.2, 0.25) is 0 Å². The van der Waals surface area contributed by atoms with E-state index in [1.54, 1.807) is 24.3 Å². The van der Waals surface area contributed by atoms with E-state index in [-0.39, 0.29) is 23.7 Å². The highest BCUT2D eigenvalue weighted by atomic mass is 79.9. The molecule has 1 aromatic heterocycles. The third-order valence-electron chi connectivity index (χ3n) is 5.69. The quantitative estimate of drug-likeness (QED) is 0.214. The van der Waals surface area contributed by atoms with Crippen LogP contribution < -0.4 is 20.3 Å². The molecule has 4 aromatic rings. The lowest BCUT2D eigenvalue weighted by atomic mass is 10.2. The molecule has 1 N–H and O–H groups in total. The minimum atomic E-state index is -0.469. The summed E-state index contributed by atoms with van der Waals surface area (Å²) in [5.41, 5.74) is 1.07. The van der Waals surface area contributed by atoms with Crippen LogP contribution in [-0.4, -0.2) is 35.5 Å². The SMILES string of the molecule is CCCCc1nc2ccc(Br)cc2c(=O)n1N=Cc1cc(Cl)cc(OC)c1OCC(=O)Nc1ccc(F)cc1. The van der Waals surface area contributed by atoms with E-state index in [9.17, 15) is 14.0 Å². The number of anilines is 1. The predicted octanol–water partition coefficient (Wildman–Crippen LogP) is 6.20. The van der Waals surface area contributed by atoms with Gasteiger partial charge in [-0.25, -0.2) is 9.37 Å². The molecule has 0 saturated carbocycles. The van der Waals surface area contributed by atoms with E-state index >= 15 is 0 Å². The number of rotatable bonds is 10. The van der Waals surface area contributed by atoms with Crippen molar-refractivity contribution in [2.24, 2.45) is 5.10 Å². The van der Waals surface area contributed by atoms with Crippen molar-refractivity contribution in [3.8, 4) is 11.5 Å². The number of carbonyl (C=O) groups is 1. The lowest BCUT2D eigenvalue weighted by Crippen LogP contribution is -2.23. The van der Waals surface area contributed by atoms with E-state index in [0.29, 0.717) is 39.4 Å². The Balaban J connectivity index is 1.68. The third-order valence-corrected chi connectivity index (χ3v) is 6.40. The zero-order valence-electron chi connectivity index (χ0n) is 21.2. The monoisotopic (exact) mass is 614 g/mol. The molecular formula is C28H25BrClFN4O4. The highest BCUT2D eigenvalue weighted by molar-refractivity contribution is 9.10. The first kappa shape index (κ1) is 28.3. The smallest absolute Gasteiger partial charge is 0.282 e. The van der Waals surface area contributed by atoms with Crippen molar-refractivity contribution >= 4 is 56.2 Å². The number of ether oxygens (including phenoxy) is 2. The second-order valence-electron chi connectivity index (χ2n) is 8.52. The van der Waals surface area contributed by atoms with Crippen LogP contribution in [0, 0.1) is 5.82 Å². The molecule has 0 spiro atoms. The van der Waals surface area contributed by atoms with Gasteiger partial charge in [0, 0.05) is 33.2 Å². The van der Waals surface area contributed by atoms with Gasteiger partial charge in [-0.3, -0.25) is 9.59 Å². The van der Waals surface area contributed by atoms with Gasteiger partial charge >= 0.3 is 0 Å². The van der Waals surface area contributed by atoms with Crippen molar-refractivity contribution in [1.82, 2.24) is 9.66 Å². The molecule has 0 aliphatic heterocycles. The fraction of sp³-hybridized carbons (Fsp3) is 0.214. The van der Waals surface area contributed by atoms with Crippen molar-refractivity contribution in [2.45, 2.75) is 26.2 Å². The van der Waals surface area contributed by atoms with Crippen LogP contribution in [0.15, 0.2) is 69.0 Å². The Morgan fingerprint density at radius 3 is 2.69 bits per heavy atom. The standard InChI is InChI=1S/C28H25BrClFN4O4/c1-3-4-5-25-34-23-11-6-18(29)13-22(23)28(37)35(25)32-15-17-12-19(30)14-24(38-2)27(17)39-16-26(36)33-21-9-7-20(31)8-10-21/h6-15H,3-5,16H2,1-2H3,(H,33,36). The first-order chi connectivity index (χ1) is 18.8. The molecule has 4 rings (SSSR count). The third kappa shape index (κ3) is 7.01. The summed E-state index contributed by atoms with van der Waals surface area (Å²) in [5.74, 6) is 0.120. The average Bonchev–Trinajstić information content (AvgIpc) is 2.92. The van der Waals surface area contributed by atoms with Crippen LogP contribution in [0.25, 0.3) is 10.9 Å². The number of aromatic nitrogens is 2. The Morgan fingerprint density at radius 2 is 1.97 bits per heavy atom. The summed E-state index contributed by atoms with van der Waals surface area (Å²) in [6, 6.07) is 13.8. The molecule has 0 saturated heterocycles. The molecule has 0 radical (unpaired) electrons. The fourth-order valence-corrected chi connectivity index (χ4v) is 4.37. The summed E-state index contributed by atoms with van der Waals surface area (Å²) >= 11 is 9.70. The highest BCUT2D eigenvalue weighted by Crippen LogP contribution is 2.34. The number of unbranched alkanes of at least 4 members (excludes halogenated alkanes) is 1. The van der Waals surface area contributed by atoms with Gasteiger partial charge in [0.25, 0.3) is 11.5 Å². The summed E-state index contributed by atoms with van der Waals surface area (Å²) in [7, 11) is 1.44. The van der Waals surface area contributed by atoms with Crippen molar-refractivity contribution < 1.29 is 18.7 Å². The fourth-order valence-electron chi connectivity index (χ4n) is 3.79. The molecule has 202 valence electrons. The second kappa shape index (κ2) is 12.9. The van der Waals surface area contributed by atoms with Gasteiger partial charge in [0.05, 0.1) is 24.2 Å². The summed E-state index contributed by atoms with van der Waals surface area (Å²) < 4.78 is 26.4. The number of nitrogens with zero attached hydrogens (tertiary/aromatic N) is 3. The molecule has 1 heterocycles. The van der Waals surface area contributed by atoms with E-state index in [2.05, 4.69) is 38.3 Å². The van der Waals surface area contributed by atoms with Gasteiger partial charge in [0.15, 0.2) is 18.1 Å². The molecule has 0 unspecified atom stereocenters. The predicted molar refractivity (Wildman–Crippen MR) is 154 cm³/mol. The van der Waals surface area contributed by atoms with Gasteiger partial charge in [-0.15, -0.1) is 0 Å². The Bertz CT molecular complexity index is 1590. The lowest BCUT2D eigenvalue weighted by molar-refractivity contribution is -0.118. The molecule has 8 nitrogen and oxygen atoms in total. The van der Waals surface area contributed by atoms with Gasteiger partial charge in [-0.05, 0) is 55.0 Å². The van der Waals surface area contributed by atoms with E-state index < -0.39 is 11.7 Å². The van der Waals surface area contributed by atoms with Gasteiger partial charge < -0.3 is 14.8 Å². The minimum absolute atomic E-state index is 0.208. The number of aryl methyl sites for hydroxylation is 1. The maximum Gasteiger partial charge on any atom is 0.282 e. The van der Waals surface area contributed by atoms with Crippen LogP contribution in [0.5, 0.6) is 11.5 Å². The van der Waals surface area contributed by atoms with E-state index in [0.717, 1.165) is 17.3 Å². The number of fused-ring (bicyclic) bond motifs is 1. The van der Waals surface area contributed by atoms with Crippen LogP contribution in [0.4, 0.5) is 10.1 Å². The van der Waals surface area contributed by atoms with Crippen LogP contribution >= 0.6 is 27.5 Å². The van der Waals surface area contributed by atoms with E-state index in [4.69, 9.17) is 21.1 Å². The Kier molecular flexibility index (Phi) is 9.32. The molecular weight excluding hydrogens is 591 g/mol. The van der Waals surface area contributed by atoms with Crippen LogP contribution in [0.2, 0.25) is 5.02 Å². The van der Waals surface area contributed by atoms with E-state index in [1.807, 2.05) is 6.07 Å². The number of amides is 1. The molecule has 11 heteroatoms. The molecule has 0 bridgehead atoms. The Morgan fingerprint density at radius 1 is 1.21 bits per heavy atom. The number of nitrogens with one attached hydrogen (secondary N) is 1. The zero-order chi connectivity index (χ0) is 27.9. The largest absolute Gasteiger partial charge is 0.493 e. The maximum atomic E-state index is 13.4. The van der Waals surface area contributed by atoms with Crippen molar-refractivity contribution in [1.29, 1.82) is 0 Å². The van der Waals surface area contributed by atoms with Gasteiger partial charge in [-0.2, -0.15) is 9.78 Å². The molecule has 1 amide bonds. The number of halogens is 3. The lowest BCUT2D eigenvalue weighted by Gasteiger charge is -2.14. The summed E-state index contributed by atoms with van der Waals surface area (Å²) in [5, 5.41) is 7.85. The number of hydrogen-bond donors (Lipinski definition) is 1. The first-order valence-electron chi connectivity index (χ1n) is 12.1. The summed E-state index contributed by atoms with van der Waals surface area (Å²) in [6.45, 7) is 1.68. The number of hydrogen-bond acceptors (Lipinski definition) is 6. The van der Waals surface area contributed by atoms with Crippen LogP contribution in [0.3, 0.4) is 0 Å². The van der Waals surface area contributed by atoms with Crippen LogP contribution in [-0.2, 0) is 11.2 Å². The molecule has 39 heavy (non-hydrogen) atoms. The second-order valence-corrected chi connectivity index (χ2v) is 9.88. The Hall–Kier alpha value is -3.76. The normalized spacial score (nSPS) is 11.2. The molecule has 0 aliphatic rings. The zero-order valence-corrected chi connectivity index (χ0v) is 23.6. The van der Waals surface area contributed by atoms with Crippen molar-refractivity contribution in [3.63, 3.8) is 0 Å². The molecule has 0 atom stereocenters. The van der Waals surface area contributed by atoms with Crippen LogP contribution in [0.1, 0.15) is 31.2 Å². The average molecular weight is 616 g/mol. The Labute approximate surface area is 237 Å². The first-order valence-corrected chi connectivity index (χ1v) is 13.3. The number of benzene rings is 3. The summed E-state index contributed by atoms with van der Waals surface area (Å²) in [6.07, 6.45) is 3.72. The number of carbonyl (C=O) groups excluding carboxylic acids is 1. The van der Waals surface area contributed by atoms with Crippen molar-refractivity contribution in [3.05, 3.63) is 91.7 Å². The van der Waals surface area contributed by atoms with Gasteiger partial charge in [-0.1, -0.05) is 40.9 Å². The molecule has 0 aliphatic carbocycles. The topological polar surface area (TPSA) is 94.8 Å². The van der Waals surface area contributed by atoms with Crippen molar-refractivity contribution in [2.75, 3.05) is 19.0 Å². The highest BCUT2D eigenvalue weighted by Gasteiger charge is 2.16. The van der Waals surface area contributed by atoms with E-state index in [1.165, 1.54) is 42.3 Å². The van der Waals surface area contributed by atoms with Gasteiger partial charge in [0.1, 0.15) is 11.6 Å². The number of methoxy groups -OCH3 is 1.